The second-order valence-corrected chi connectivity index (χ2v) is 8.69. The van der Waals surface area contributed by atoms with Crippen molar-refractivity contribution in [1.29, 1.82) is 0 Å². The molecule has 0 aliphatic rings. The van der Waals surface area contributed by atoms with Gasteiger partial charge in [-0.3, -0.25) is 0 Å². The molecule has 0 aliphatic carbocycles. The third kappa shape index (κ3) is 3.11. The van der Waals surface area contributed by atoms with Crippen LogP contribution in [0, 0.1) is 0 Å². The Balaban J connectivity index is 1.70. The van der Waals surface area contributed by atoms with E-state index in [1.165, 1.54) is 43.8 Å². The van der Waals surface area contributed by atoms with Crippen LogP contribution in [0.25, 0.3) is 54.8 Å². The molecule has 1 aromatic heterocycles. The lowest BCUT2D eigenvalue weighted by Crippen LogP contribution is -1.91. The maximum Gasteiger partial charge on any atom is 0.0722 e. The van der Waals surface area contributed by atoms with Crippen molar-refractivity contribution >= 4 is 48.5 Å². The van der Waals surface area contributed by atoms with Crippen LogP contribution in [0.5, 0.6) is 0 Å². The Labute approximate surface area is 189 Å². The number of nitrogens with zero attached hydrogens (tertiary/aromatic N) is 1. The van der Waals surface area contributed by atoms with Crippen LogP contribution in [0.2, 0.25) is 0 Å². The van der Waals surface area contributed by atoms with E-state index in [1.54, 1.807) is 0 Å². The van der Waals surface area contributed by atoms with Gasteiger partial charge in [-0.15, -0.1) is 0 Å². The van der Waals surface area contributed by atoms with Gasteiger partial charge in [-0.05, 0) is 51.7 Å². The molecule has 1 nitrogen and oxygen atoms in total. The van der Waals surface area contributed by atoms with E-state index in [9.17, 15) is 0 Å². The molecule has 0 aliphatic heterocycles. The SMILES string of the molecule is Brc1ccc2ccc3nc4ccccc4c(-c4ccc(-c5ccccc5)cc4)c3c2c1. The molecule has 6 aromatic rings. The van der Waals surface area contributed by atoms with E-state index in [0.29, 0.717) is 0 Å². The van der Waals surface area contributed by atoms with Gasteiger partial charge >= 0.3 is 0 Å². The van der Waals surface area contributed by atoms with Crippen LogP contribution < -0.4 is 0 Å². The van der Waals surface area contributed by atoms with E-state index in [2.05, 4.69) is 125 Å². The fourth-order valence-electron chi connectivity index (χ4n) is 4.44. The average Bonchev–Trinajstić information content (AvgIpc) is 2.83. The van der Waals surface area contributed by atoms with E-state index >= 15 is 0 Å². The van der Waals surface area contributed by atoms with E-state index in [4.69, 9.17) is 4.98 Å². The second kappa shape index (κ2) is 7.33. The number of fused-ring (bicyclic) bond motifs is 4. The smallest absolute Gasteiger partial charge is 0.0722 e. The molecule has 2 heteroatoms. The van der Waals surface area contributed by atoms with E-state index in [1.807, 2.05) is 0 Å². The highest BCUT2D eigenvalue weighted by Gasteiger charge is 2.14. The molecular weight excluding hydrogens is 442 g/mol. The first-order valence-corrected chi connectivity index (χ1v) is 11.1. The molecule has 0 bridgehead atoms. The van der Waals surface area contributed by atoms with Gasteiger partial charge in [-0.2, -0.15) is 0 Å². The monoisotopic (exact) mass is 459 g/mol. The Morgan fingerprint density at radius 3 is 2.03 bits per heavy atom. The molecule has 0 spiro atoms. The molecule has 0 unspecified atom stereocenters. The highest BCUT2D eigenvalue weighted by Crippen LogP contribution is 2.39. The van der Waals surface area contributed by atoms with E-state index in [0.717, 1.165) is 15.5 Å². The molecule has 5 aromatic carbocycles. The summed E-state index contributed by atoms with van der Waals surface area (Å²) in [5.41, 5.74) is 6.94. The van der Waals surface area contributed by atoms with Gasteiger partial charge < -0.3 is 0 Å². The second-order valence-electron chi connectivity index (χ2n) is 7.77. The van der Waals surface area contributed by atoms with Gasteiger partial charge in [0.15, 0.2) is 0 Å². The predicted octanol–water partition coefficient (Wildman–Crippen LogP) is 8.64. The van der Waals surface area contributed by atoms with Crippen molar-refractivity contribution in [3.8, 4) is 22.3 Å². The number of halogens is 1. The normalized spacial score (nSPS) is 11.4. The molecule has 0 atom stereocenters. The standard InChI is InChI=1S/C29H18BrN/c30-23-16-14-21-15-17-27-29(25(21)18-23)28(24-8-4-5-9-26(24)31-27)22-12-10-20(11-13-22)19-6-2-1-3-7-19/h1-18H. The Kier molecular flexibility index (Phi) is 4.33. The molecule has 0 N–H and O–H groups in total. The summed E-state index contributed by atoms with van der Waals surface area (Å²) in [6.07, 6.45) is 0. The van der Waals surface area contributed by atoms with Gasteiger partial charge in [-0.1, -0.05) is 101 Å². The summed E-state index contributed by atoms with van der Waals surface area (Å²) in [7, 11) is 0. The number of aromatic nitrogens is 1. The Morgan fingerprint density at radius 1 is 0.516 bits per heavy atom. The Bertz CT molecular complexity index is 1570. The van der Waals surface area contributed by atoms with Crippen LogP contribution in [-0.4, -0.2) is 4.98 Å². The van der Waals surface area contributed by atoms with Crippen molar-refractivity contribution in [2.24, 2.45) is 0 Å². The quantitative estimate of drug-likeness (QED) is 0.186. The highest BCUT2D eigenvalue weighted by atomic mass is 79.9. The molecule has 0 saturated carbocycles. The highest BCUT2D eigenvalue weighted by molar-refractivity contribution is 9.10. The van der Waals surface area contributed by atoms with Gasteiger partial charge in [0.1, 0.15) is 0 Å². The van der Waals surface area contributed by atoms with E-state index < -0.39 is 0 Å². The summed E-state index contributed by atoms with van der Waals surface area (Å²) in [4.78, 5) is 4.99. The molecule has 0 fully saturated rings. The van der Waals surface area contributed by atoms with Gasteiger partial charge in [0.2, 0.25) is 0 Å². The first kappa shape index (κ1) is 18.3. The van der Waals surface area contributed by atoms with Gasteiger partial charge in [0.25, 0.3) is 0 Å². The maximum atomic E-state index is 4.99. The number of benzene rings is 5. The molecule has 6 rings (SSSR count). The zero-order valence-electron chi connectivity index (χ0n) is 16.7. The molecule has 0 radical (unpaired) electrons. The number of rotatable bonds is 2. The zero-order chi connectivity index (χ0) is 20.8. The summed E-state index contributed by atoms with van der Waals surface area (Å²) >= 11 is 3.66. The first-order chi connectivity index (χ1) is 15.3. The van der Waals surface area contributed by atoms with Gasteiger partial charge in [0.05, 0.1) is 11.0 Å². The van der Waals surface area contributed by atoms with Crippen LogP contribution in [0.3, 0.4) is 0 Å². The van der Waals surface area contributed by atoms with Gasteiger partial charge in [0, 0.05) is 20.8 Å². The minimum Gasteiger partial charge on any atom is -0.248 e. The summed E-state index contributed by atoms with van der Waals surface area (Å²) in [5.74, 6) is 0. The van der Waals surface area contributed by atoms with Crippen LogP contribution in [0.15, 0.2) is 114 Å². The molecular formula is C29H18BrN. The lowest BCUT2D eigenvalue weighted by atomic mass is 9.92. The lowest BCUT2D eigenvalue weighted by molar-refractivity contribution is 1.50. The number of hydrogen-bond acceptors (Lipinski definition) is 1. The third-order valence-electron chi connectivity index (χ3n) is 5.91. The summed E-state index contributed by atoms with van der Waals surface area (Å²) in [6.45, 7) is 0. The number of para-hydroxylation sites is 1. The van der Waals surface area contributed by atoms with Crippen LogP contribution >= 0.6 is 15.9 Å². The molecule has 146 valence electrons. The van der Waals surface area contributed by atoms with Gasteiger partial charge in [-0.25, -0.2) is 4.98 Å². The summed E-state index contributed by atoms with van der Waals surface area (Å²) in [6, 6.07) is 38.6. The predicted molar refractivity (Wildman–Crippen MR) is 135 cm³/mol. The van der Waals surface area contributed by atoms with Crippen molar-refractivity contribution < 1.29 is 0 Å². The maximum absolute atomic E-state index is 4.99. The largest absolute Gasteiger partial charge is 0.248 e. The van der Waals surface area contributed by atoms with Crippen LogP contribution in [0.1, 0.15) is 0 Å². The number of pyridine rings is 1. The minimum absolute atomic E-state index is 1.02. The fraction of sp³-hybridized carbons (Fsp3) is 0. The average molecular weight is 460 g/mol. The Hall–Kier alpha value is -3.49. The molecule has 0 amide bonds. The van der Waals surface area contributed by atoms with Crippen molar-refractivity contribution in [3.05, 3.63) is 114 Å². The van der Waals surface area contributed by atoms with Crippen LogP contribution in [-0.2, 0) is 0 Å². The molecule has 0 saturated heterocycles. The Morgan fingerprint density at radius 2 is 1.19 bits per heavy atom. The van der Waals surface area contributed by atoms with Crippen molar-refractivity contribution in [1.82, 2.24) is 4.98 Å². The topological polar surface area (TPSA) is 12.9 Å². The molecule has 31 heavy (non-hydrogen) atoms. The fourth-order valence-corrected chi connectivity index (χ4v) is 4.80. The summed E-state index contributed by atoms with van der Waals surface area (Å²) in [5, 5.41) is 4.81. The third-order valence-corrected chi connectivity index (χ3v) is 6.40. The van der Waals surface area contributed by atoms with Crippen LogP contribution in [0.4, 0.5) is 0 Å². The molecule has 1 heterocycles. The first-order valence-electron chi connectivity index (χ1n) is 10.3. The summed E-state index contributed by atoms with van der Waals surface area (Å²) < 4.78 is 1.08. The minimum atomic E-state index is 1.02. The van der Waals surface area contributed by atoms with Crippen molar-refractivity contribution in [2.75, 3.05) is 0 Å². The van der Waals surface area contributed by atoms with E-state index in [-0.39, 0.29) is 0 Å². The van der Waals surface area contributed by atoms with Crippen molar-refractivity contribution in [2.45, 2.75) is 0 Å². The van der Waals surface area contributed by atoms with Crippen molar-refractivity contribution in [3.63, 3.8) is 0 Å². The lowest BCUT2D eigenvalue weighted by Gasteiger charge is -2.14. The zero-order valence-corrected chi connectivity index (χ0v) is 18.3. The number of hydrogen-bond donors (Lipinski definition) is 0.